The second kappa shape index (κ2) is 11.5. The molecule has 11 nitrogen and oxygen atoms in total. The minimum Gasteiger partial charge on any atom is -0.497 e. The van der Waals surface area contributed by atoms with Crippen molar-refractivity contribution in [2.45, 2.75) is 23.8 Å². The maximum Gasteiger partial charge on any atom is 0.321 e. The van der Waals surface area contributed by atoms with Crippen LogP contribution in [0.15, 0.2) is 77.7 Å². The van der Waals surface area contributed by atoms with Crippen LogP contribution in [0.3, 0.4) is 0 Å². The summed E-state index contributed by atoms with van der Waals surface area (Å²) in [6.45, 7) is -0.0551. The number of sulfonamides is 1. The number of anilines is 1. The number of rotatable bonds is 11. The third-order valence-corrected chi connectivity index (χ3v) is 7.61. The lowest BCUT2D eigenvalue weighted by Crippen LogP contribution is -2.41. The van der Waals surface area contributed by atoms with Crippen molar-refractivity contribution in [3.8, 4) is 5.75 Å². The normalized spacial score (nSPS) is 13.6. The summed E-state index contributed by atoms with van der Waals surface area (Å²) in [6.07, 6.45) is -0.0841. The minimum atomic E-state index is -4.23. The molecule has 202 valence electrons. The van der Waals surface area contributed by atoms with Crippen molar-refractivity contribution >= 4 is 39.4 Å². The molecule has 0 radical (unpaired) electrons. The zero-order chi connectivity index (χ0) is 28.2. The van der Waals surface area contributed by atoms with Crippen molar-refractivity contribution in [3.63, 3.8) is 0 Å². The molecule has 1 unspecified atom stereocenters. The first kappa shape index (κ1) is 27.5. The molecule has 1 heterocycles. The maximum atomic E-state index is 12.8. The van der Waals surface area contributed by atoms with Gasteiger partial charge in [0.1, 0.15) is 11.8 Å². The van der Waals surface area contributed by atoms with Crippen LogP contribution >= 0.6 is 0 Å². The zero-order valence-electron chi connectivity index (χ0n) is 20.8. The average Bonchev–Trinajstić information content (AvgIpc) is 3.17. The van der Waals surface area contributed by atoms with E-state index < -0.39 is 39.8 Å². The summed E-state index contributed by atoms with van der Waals surface area (Å²) in [6, 6.07) is 16.6. The number of carbonyl (C=O) groups excluding carboxylic acids is 3. The Bertz CT molecular complexity index is 1480. The largest absolute Gasteiger partial charge is 0.497 e. The first-order valence-corrected chi connectivity index (χ1v) is 13.3. The Morgan fingerprint density at radius 2 is 1.51 bits per heavy atom. The van der Waals surface area contributed by atoms with E-state index in [0.717, 1.165) is 4.90 Å². The van der Waals surface area contributed by atoms with Gasteiger partial charge < -0.3 is 15.2 Å². The van der Waals surface area contributed by atoms with Crippen LogP contribution in [0.25, 0.3) is 0 Å². The van der Waals surface area contributed by atoms with Crippen LogP contribution in [-0.4, -0.2) is 61.8 Å². The zero-order valence-corrected chi connectivity index (χ0v) is 21.6. The van der Waals surface area contributed by atoms with Gasteiger partial charge >= 0.3 is 5.97 Å². The molecule has 0 spiro atoms. The van der Waals surface area contributed by atoms with E-state index in [4.69, 9.17) is 4.74 Å². The predicted octanol–water partition coefficient (Wildman–Crippen LogP) is 2.76. The molecule has 0 aromatic heterocycles. The summed E-state index contributed by atoms with van der Waals surface area (Å²) in [5, 5.41) is 12.2. The van der Waals surface area contributed by atoms with Gasteiger partial charge in [-0.25, -0.2) is 8.42 Å². The molecule has 3 aromatic carbocycles. The highest BCUT2D eigenvalue weighted by Crippen LogP contribution is 2.23. The second-order valence-electron chi connectivity index (χ2n) is 8.67. The molecule has 3 amide bonds. The smallest absolute Gasteiger partial charge is 0.321 e. The summed E-state index contributed by atoms with van der Waals surface area (Å²) in [4.78, 5) is 50.0. The monoisotopic (exact) mass is 551 g/mol. The highest BCUT2D eigenvalue weighted by atomic mass is 32.2. The number of carboxylic acids is 1. The van der Waals surface area contributed by atoms with Gasteiger partial charge in [-0.3, -0.25) is 24.1 Å². The molecule has 3 N–H and O–H groups in total. The number of benzene rings is 3. The molecule has 1 atom stereocenters. The number of carboxylic acid groups (broad SMARTS) is 1. The lowest BCUT2D eigenvalue weighted by atomic mass is 10.1. The van der Waals surface area contributed by atoms with Gasteiger partial charge in [0, 0.05) is 17.8 Å². The standard InChI is InChI=1S/C27H25N3O8S/c1-38-19-12-8-17(9-13-19)24(31)28-18-10-14-20(15-11-18)39(36,37)29-23(27(34)35)7-4-16-30-25(32)21-5-2-3-6-22(21)26(30)33/h2-3,5-6,8-15,23,29H,4,7,16H2,1H3,(H,28,31)(H,34,35). The van der Waals surface area contributed by atoms with Crippen LogP contribution in [0.1, 0.15) is 43.9 Å². The van der Waals surface area contributed by atoms with E-state index >= 15 is 0 Å². The molecule has 39 heavy (non-hydrogen) atoms. The lowest BCUT2D eigenvalue weighted by Gasteiger charge is -2.17. The average molecular weight is 552 g/mol. The Kier molecular flexibility index (Phi) is 8.07. The Morgan fingerprint density at radius 3 is 2.05 bits per heavy atom. The molecular weight excluding hydrogens is 526 g/mol. The van der Waals surface area contributed by atoms with Gasteiger partial charge in [-0.15, -0.1) is 0 Å². The second-order valence-corrected chi connectivity index (χ2v) is 10.4. The molecule has 12 heteroatoms. The molecule has 0 aliphatic carbocycles. The number of fused-ring (bicyclic) bond motifs is 1. The van der Waals surface area contributed by atoms with Crippen LogP contribution in [-0.2, 0) is 14.8 Å². The van der Waals surface area contributed by atoms with Gasteiger partial charge in [0.25, 0.3) is 17.7 Å². The molecular formula is C27H25N3O8S. The van der Waals surface area contributed by atoms with E-state index in [1.807, 2.05) is 0 Å². The number of hydrogen-bond donors (Lipinski definition) is 3. The number of nitrogens with one attached hydrogen (secondary N) is 2. The number of imide groups is 1. The van der Waals surface area contributed by atoms with Crippen molar-refractivity contribution in [3.05, 3.63) is 89.5 Å². The van der Waals surface area contributed by atoms with E-state index in [9.17, 15) is 32.7 Å². The first-order chi connectivity index (χ1) is 18.6. The molecule has 0 saturated carbocycles. The van der Waals surface area contributed by atoms with Crippen molar-refractivity contribution in [1.29, 1.82) is 0 Å². The fourth-order valence-corrected chi connectivity index (χ4v) is 5.27. The third-order valence-electron chi connectivity index (χ3n) is 6.12. The van der Waals surface area contributed by atoms with Crippen LogP contribution in [0.2, 0.25) is 0 Å². The van der Waals surface area contributed by atoms with Gasteiger partial charge in [-0.2, -0.15) is 4.72 Å². The fraction of sp³-hybridized carbons (Fsp3) is 0.185. The van der Waals surface area contributed by atoms with Gasteiger partial charge in [-0.05, 0) is 73.5 Å². The third kappa shape index (κ3) is 6.13. The summed E-state index contributed by atoms with van der Waals surface area (Å²) in [7, 11) is -2.72. The van der Waals surface area contributed by atoms with E-state index in [1.165, 1.54) is 31.4 Å². The van der Waals surface area contributed by atoms with Gasteiger partial charge in [0.05, 0.1) is 23.1 Å². The van der Waals surface area contributed by atoms with E-state index in [1.54, 1.807) is 48.5 Å². The molecule has 3 aromatic rings. The summed E-state index contributed by atoms with van der Waals surface area (Å²) < 4.78 is 32.9. The Labute approximate surface area is 224 Å². The Morgan fingerprint density at radius 1 is 0.923 bits per heavy atom. The van der Waals surface area contributed by atoms with Crippen LogP contribution in [0, 0.1) is 0 Å². The highest BCUT2D eigenvalue weighted by molar-refractivity contribution is 7.89. The number of aliphatic carboxylic acids is 1. The lowest BCUT2D eigenvalue weighted by molar-refractivity contribution is -0.139. The molecule has 0 bridgehead atoms. The molecule has 1 aliphatic heterocycles. The summed E-state index contributed by atoms with van der Waals surface area (Å²) >= 11 is 0. The molecule has 4 rings (SSSR count). The van der Waals surface area contributed by atoms with Crippen molar-refractivity contribution in [2.24, 2.45) is 0 Å². The fourth-order valence-electron chi connectivity index (χ4n) is 4.05. The molecule has 0 saturated heterocycles. The number of amides is 3. The van der Waals surface area contributed by atoms with Crippen molar-refractivity contribution in [1.82, 2.24) is 9.62 Å². The topological polar surface area (TPSA) is 159 Å². The van der Waals surface area contributed by atoms with Gasteiger partial charge in [0.15, 0.2) is 0 Å². The van der Waals surface area contributed by atoms with Crippen molar-refractivity contribution < 1.29 is 37.4 Å². The van der Waals surface area contributed by atoms with E-state index in [0.29, 0.717) is 17.0 Å². The van der Waals surface area contributed by atoms with E-state index in [-0.39, 0.29) is 35.4 Å². The number of carbonyl (C=O) groups is 4. The number of nitrogens with zero attached hydrogens (tertiary/aromatic N) is 1. The Balaban J connectivity index is 1.35. The van der Waals surface area contributed by atoms with Gasteiger partial charge in [0.2, 0.25) is 10.0 Å². The highest BCUT2D eigenvalue weighted by Gasteiger charge is 2.35. The van der Waals surface area contributed by atoms with Crippen LogP contribution in [0.4, 0.5) is 5.69 Å². The Hall–Kier alpha value is -4.55. The number of methoxy groups -OCH3 is 1. The first-order valence-electron chi connectivity index (χ1n) is 11.9. The van der Waals surface area contributed by atoms with Crippen LogP contribution < -0.4 is 14.8 Å². The molecule has 1 aliphatic rings. The van der Waals surface area contributed by atoms with Gasteiger partial charge in [-0.1, -0.05) is 12.1 Å². The predicted molar refractivity (Wildman–Crippen MR) is 140 cm³/mol. The minimum absolute atomic E-state index is 0.0551. The number of ether oxygens (including phenoxy) is 1. The summed E-state index contributed by atoms with van der Waals surface area (Å²) in [5.74, 6) is -2.15. The van der Waals surface area contributed by atoms with E-state index in [2.05, 4.69) is 10.0 Å². The number of hydrogen-bond acceptors (Lipinski definition) is 7. The quantitative estimate of drug-likeness (QED) is 0.307. The summed E-state index contributed by atoms with van der Waals surface area (Å²) in [5.41, 5.74) is 1.27. The van der Waals surface area contributed by atoms with Crippen molar-refractivity contribution in [2.75, 3.05) is 19.0 Å². The van der Waals surface area contributed by atoms with Crippen LogP contribution in [0.5, 0.6) is 5.75 Å². The molecule has 0 fully saturated rings. The SMILES string of the molecule is COc1ccc(C(=O)Nc2ccc(S(=O)(=O)NC(CCCN3C(=O)c4ccccc4C3=O)C(=O)O)cc2)cc1. The maximum absolute atomic E-state index is 12.8.